The maximum Gasteiger partial charge on any atom is 0.417 e. The van der Waals surface area contributed by atoms with Crippen molar-refractivity contribution in [1.82, 2.24) is 10.2 Å². The average Bonchev–Trinajstić information content (AvgIpc) is 2.72. The van der Waals surface area contributed by atoms with E-state index in [1.165, 1.54) is 0 Å². The van der Waals surface area contributed by atoms with Gasteiger partial charge in [0.15, 0.2) is 0 Å². The van der Waals surface area contributed by atoms with Crippen molar-refractivity contribution < 1.29 is 40.7 Å². The van der Waals surface area contributed by atoms with Crippen molar-refractivity contribution in [3.05, 3.63) is 28.8 Å². The molecule has 1 aliphatic carbocycles. The monoisotopic (exact) mass is 466 g/mol. The van der Waals surface area contributed by atoms with Gasteiger partial charge in [0.05, 0.1) is 23.8 Å². The molecule has 1 amide bonds. The Balaban J connectivity index is 1.92. The number of rotatable bonds is 4. The van der Waals surface area contributed by atoms with E-state index < -0.39 is 46.7 Å². The van der Waals surface area contributed by atoms with E-state index in [0.717, 1.165) is 20.0 Å². The van der Waals surface area contributed by atoms with Crippen molar-refractivity contribution in [3.8, 4) is 5.75 Å². The highest BCUT2D eigenvalue weighted by Crippen LogP contribution is 2.41. The van der Waals surface area contributed by atoms with E-state index >= 15 is 0 Å². The zero-order chi connectivity index (χ0) is 23.7. The minimum absolute atomic E-state index is 0.0635. The number of piperidine rings is 1. The lowest BCUT2D eigenvalue weighted by Gasteiger charge is -2.41. The summed E-state index contributed by atoms with van der Waals surface area (Å²) in [5.41, 5.74) is -4.21. The summed E-state index contributed by atoms with van der Waals surface area (Å²) in [5, 5.41) is 2.61. The van der Waals surface area contributed by atoms with Crippen LogP contribution < -0.4 is 10.1 Å². The molecule has 0 bridgehead atoms. The highest BCUT2D eigenvalue weighted by Gasteiger charge is 2.42. The first-order chi connectivity index (χ1) is 14.9. The molecule has 11 heteroatoms. The second-order valence-electron chi connectivity index (χ2n) is 8.10. The molecular formula is C21H24F6N2O3. The predicted octanol–water partition coefficient (Wildman–Crippen LogP) is 4.44. The third-order valence-corrected chi connectivity index (χ3v) is 6.05. The molecule has 0 radical (unpaired) electrons. The molecule has 2 atom stereocenters. The number of nitrogens with zero attached hydrogens (tertiary/aromatic N) is 1. The van der Waals surface area contributed by atoms with Crippen LogP contribution in [-0.4, -0.2) is 48.9 Å². The van der Waals surface area contributed by atoms with E-state index in [1.807, 2.05) is 0 Å². The summed E-state index contributed by atoms with van der Waals surface area (Å²) in [4.78, 5) is 26.6. The van der Waals surface area contributed by atoms with Crippen molar-refractivity contribution in [3.63, 3.8) is 0 Å². The van der Waals surface area contributed by atoms with Crippen molar-refractivity contribution in [1.29, 1.82) is 0 Å². The summed E-state index contributed by atoms with van der Waals surface area (Å²) >= 11 is 0. The van der Waals surface area contributed by atoms with Gasteiger partial charge in [-0.2, -0.15) is 26.3 Å². The highest BCUT2D eigenvalue weighted by atomic mass is 19.4. The van der Waals surface area contributed by atoms with Crippen molar-refractivity contribution in [2.24, 2.45) is 0 Å². The third kappa shape index (κ3) is 5.36. The number of ketones is 1. The molecule has 1 aliphatic heterocycles. The van der Waals surface area contributed by atoms with Gasteiger partial charge in [0.25, 0.3) is 5.91 Å². The first kappa shape index (κ1) is 24.3. The third-order valence-electron chi connectivity index (χ3n) is 6.05. The SMILES string of the molecule is COc1cc(C(F)(F)F)cc(C(F)(F)F)c1C(=O)N[C@@H]1CCCC[C@@H]1N1CCC(=O)CC1. The molecule has 2 aliphatic rings. The van der Waals surface area contributed by atoms with Crippen LogP contribution in [0.15, 0.2) is 12.1 Å². The van der Waals surface area contributed by atoms with Crippen LogP contribution in [0.3, 0.4) is 0 Å². The van der Waals surface area contributed by atoms with Crippen LogP contribution in [0.5, 0.6) is 5.75 Å². The number of hydrogen-bond donors (Lipinski definition) is 1. The fourth-order valence-corrected chi connectivity index (χ4v) is 4.46. The number of nitrogens with one attached hydrogen (secondary N) is 1. The van der Waals surface area contributed by atoms with Crippen LogP contribution in [0.25, 0.3) is 0 Å². The average molecular weight is 466 g/mol. The number of carbonyl (C=O) groups excluding carboxylic acids is 2. The first-order valence-electron chi connectivity index (χ1n) is 10.3. The number of likely N-dealkylation sites (tertiary alicyclic amines) is 1. The molecule has 0 unspecified atom stereocenters. The van der Waals surface area contributed by atoms with Crippen LogP contribution in [0.2, 0.25) is 0 Å². The largest absolute Gasteiger partial charge is 0.496 e. The second kappa shape index (κ2) is 9.29. The molecule has 1 saturated heterocycles. The molecule has 32 heavy (non-hydrogen) atoms. The Hall–Kier alpha value is -2.30. The Morgan fingerprint density at radius 1 is 1.03 bits per heavy atom. The van der Waals surface area contributed by atoms with Gasteiger partial charge in [-0.15, -0.1) is 0 Å². The zero-order valence-corrected chi connectivity index (χ0v) is 17.4. The maximum atomic E-state index is 13.6. The molecule has 5 nitrogen and oxygen atoms in total. The van der Waals surface area contributed by atoms with Gasteiger partial charge in [-0.3, -0.25) is 14.5 Å². The number of amides is 1. The van der Waals surface area contributed by atoms with Gasteiger partial charge in [-0.05, 0) is 25.0 Å². The summed E-state index contributed by atoms with van der Waals surface area (Å²) in [6.45, 7) is 1.01. The Bertz CT molecular complexity index is 858. The summed E-state index contributed by atoms with van der Waals surface area (Å²) < 4.78 is 85.0. The van der Waals surface area contributed by atoms with E-state index in [0.29, 0.717) is 44.8 Å². The minimum Gasteiger partial charge on any atom is -0.496 e. The van der Waals surface area contributed by atoms with Crippen molar-refractivity contribution in [2.75, 3.05) is 20.2 Å². The number of ether oxygens (including phenoxy) is 1. The lowest BCUT2D eigenvalue weighted by molar-refractivity contribution is -0.143. The molecule has 0 aromatic heterocycles. The summed E-state index contributed by atoms with van der Waals surface area (Å²) in [7, 11) is 0.917. The normalized spacial score (nSPS) is 23.2. The quantitative estimate of drug-likeness (QED) is 0.667. The Morgan fingerprint density at radius 2 is 1.66 bits per heavy atom. The number of methoxy groups -OCH3 is 1. The molecular weight excluding hydrogens is 442 g/mol. The summed E-state index contributed by atoms with van der Waals surface area (Å²) in [5.74, 6) is -1.78. The van der Waals surface area contributed by atoms with Gasteiger partial charge in [0.2, 0.25) is 0 Å². The van der Waals surface area contributed by atoms with Gasteiger partial charge < -0.3 is 10.1 Å². The second-order valence-corrected chi connectivity index (χ2v) is 8.10. The Kier molecular flexibility index (Phi) is 7.06. The standard InChI is InChI=1S/C21H24F6N2O3/c1-32-17-11-12(20(22,23)24)10-14(21(25,26)27)18(17)19(31)28-15-4-2-3-5-16(15)29-8-6-13(30)7-9-29/h10-11,15-16H,2-9H2,1H3,(H,28,31)/t15-,16+/m1/s1. The molecule has 3 rings (SSSR count). The van der Waals surface area contributed by atoms with Crippen LogP contribution >= 0.6 is 0 Å². The number of benzene rings is 1. The van der Waals surface area contributed by atoms with Crippen molar-refractivity contribution in [2.45, 2.75) is 63.0 Å². The highest BCUT2D eigenvalue weighted by molar-refractivity contribution is 5.99. The Labute approximate surface area is 181 Å². The Morgan fingerprint density at radius 3 is 2.22 bits per heavy atom. The number of halogens is 6. The molecule has 1 N–H and O–H groups in total. The zero-order valence-electron chi connectivity index (χ0n) is 17.4. The molecule has 1 aromatic rings. The lowest BCUT2D eigenvalue weighted by atomic mass is 9.87. The maximum absolute atomic E-state index is 13.6. The number of hydrogen-bond acceptors (Lipinski definition) is 4. The fraction of sp³-hybridized carbons (Fsp3) is 0.619. The van der Waals surface area contributed by atoms with E-state index in [-0.39, 0.29) is 17.9 Å². The molecule has 1 saturated carbocycles. The topological polar surface area (TPSA) is 58.6 Å². The van der Waals surface area contributed by atoms with Gasteiger partial charge in [-0.25, -0.2) is 0 Å². The molecule has 1 heterocycles. The predicted molar refractivity (Wildman–Crippen MR) is 102 cm³/mol. The van der Waals surface area contributed by atoms with Crippen LogP contribution in [-0.2, 0) is 17.1 Å². The molecule has 0 spiro atoms. The van der Waals surface area contributed by atoms with Crippen LogP contribution in [0, 0.1) is 0 Å². The van der Waals surface area contributed by atoms with Crippen LogP contribution in [0.1, 0.15) is 60.0 Å². The van der Waals surface area contributed by atoms with E-state index in [1.54, 1.807) is 0 Å². The van der Waals surface area contributed by atoms with E-state index in [2.05, 4.69) is 10.2 Å². The first-order valence-corrected chi connectivity index (χ1v) is 10.3. The minimum atomic E-state index is -5.19. The number of Topliss-reactive ketones (excluding diaryl/α,β-unsaturated/α-hetero) is 1. The van der Waals surface area contributed by atoms with E-state index in [9.17, 15) is 35.9 Å². The smallest absolute Gasteiger partial charge is 0.417 e. The number of carbonyl (C=O) groups is 2. The van der Waals surface area contributed by atoms with Gasteiger partial charge in [0, 0.05) is 38.0 Å². The summed E-state index contributed by atoms with van der Waals surface area (Å²) in [6.07, 6.45) is -6.63. The van der Waals surface area contributed by atoms with Gasteiger partial charge >= 0.3 is 12.4 Å². The van der Waals surface area contributed by atoms with E-state index in [4.69, 9.17) is 4.74 Å². The molecule has 2 fully saturated rings. The number of alkyl halides is 6. The van der Waals surface area contributed by atoms with Gasteiger partial charge in [0.1, 0.15) is 11.5 Å². The molecule has 178 valence electrons. The lowest BCUT2D eigenvalue weighted by Crippen LogP contribution is -2.55. The molecule has 1 aromatic carbocycles. The van der Waals surface area contributed by atoms with Gasteiger partial charge in [-0.1, -0.05) is 12.8 Å². The van der Waals surface area contributed by atoms with Crippen molar-refractivity contribution >= 4 is 11.7 Å². The summed E-state index contributed by atoms with van der Waals surface area (Å²) in [6, 6.07) is -0.307. The fourth-order valence-electron chi connectivity index (χ4n) is 4.46. The van der Waals surface area contributed by atoms with Crippen LogP contribution in [0.4, 0.5) is 26.3 Å².